The molecule has 2 aromatic rings. The number of oxazole rings is 1. The van der Waals surface area contributed by atoms with Gasteiger partial charge in [-0.2, -0.15) is 0 Å². The van der Waals surface area contributed by atoms with Crippen LogP contribution in [-0.4, -0.2) is 15.5 Å². The molecule has 108 valence electrons. The van der Waals surface area contributed by atoms with Crippen molar-refractivity contribution < 1.29 is 9.21 Å². The quantitative estimate of drug-likeness (QED) is 0.896. The summed E-state index contributed by atoms with van der Waals surface area (Å²) in [6.07, 6.45) is 1.76. The molecule has 1 amide bonds. The van der Waals surface area contributed by atoms with Crippen molar-refractivity contribution in [3.8, 4) is 0 Å². The molecule has 6 heteroatoms. The molecular formula is C14H20N4O2. The molecule has 3 N–H and O–H groups in total. The van der Waals surface area contributed by atoms with Gasteiger partial charge in [-0.15, -0.1) is 0 Å². The summed E-state index contributed by atoms with van der Waals surface area (Å²) in [5.74, 6) is 1.08. The molecule has 0 unspecified atom stereocenters. The molecule has 0 aliphatic carbocycles. The fraction of sp³-hybridized carbons (Fsp3) is 0.429. The molecule has 2 heterocycles. The van der Waals surface area contributed by atoms with Crippen molar-refractivity contribution in [1.29, 1.82) is 0 Å². The maximum absolute atomic E-state index is 12.2. The Morgan fingerprint density at radius 3 is 2.75 bits per heavy atom. The number of nitrogen functional groups attached to an aromatic ring is 1. The van der Waals surface area contributed by atoms with Gasteiger partial charge in [0.05, 0.1) is 17.9 Å². The van der Waals surface area contributed by atoms with Crippen molar-refractivity contribution in [2.24, 2.45) is 0 Å². The summed E-state index contributed by atoms with van der Waals surface area (Å²) in [7, 11) is 0. The van der Waals surface area contributed by atoms with Crippen LogP contribution in [0.15, 0.2) is 16.7 Å². The predicted octanol–water partition coefficient (Wildman–Crippen LogP) is 2.19. The summed E-state index contributed by atoms with van der Waals surface area (Å²) in [5.41, 5.74) is 7.71. The Balaban J connectivity index is 2.09. The molecule has 2 aromatic heterocycles. The van der Waals surface area contributed by atoms with Gasteiger partial charge >= 0.3 is 0 Å². The maximum Gasteiger partial charge on any atom is 0.268 e. The van der Waals surface area contributed by atoms with E-state index in [2.05, 4.69) is 10.3 Å². The molecule has 2 rings (SSSR count). The zero-order valence-corrected chi connectivity index (χ0v) is 12.2. The second kappa shape index (κ2) is 5.40. The molecule has 0 aromatic carbocycles. The number of carbonyl (C=O) groups is 1. The van der Waals surface area contributed by atoms with E-state index in [0.29, 0.717) is 17.3 Å². The molecule has 0 bridgehead atoms. The van der Waals surface area contributed by atoms with Gasteiger partial charge in [0.1, 0.15) is 11.5 Å². The third kappa shape index (κ3) is 2.84. The molecule has 0 atom stereocenters. The highest BCUT2D eigenvalue weighted by molar-refractivity contribution is 5.93. The lowest BCUT2D eigenvalue weighted by molar-refractivity contribution is 0.0936. The molecule has 0 spiro atoms. The van der Waals surface area contributed by atoms with Crippen LogP contribution in [0, 0.1) is 13.8 Å². The van der Waals surface area contributed by atoms with Gasteiger partial charge in [0.2, 0.25) is 5.89 Å². The third-order valence-electron chi connectivity index (χ3n) is 3.13. The molecule has 0 aliphatic heterocycles. The summed E-state index contributed by atoms with van der Waals surface area (Å²) in [6.45, 7) is 7.97. The highest BCUT2D eigenvalue weighted by Crippen LogP contribution is 2.16. The van der Waals surface area contributed by atoms with Gasteiger partial charge in [-0.25, -0.2) is 4.98 Å². The van der Waals surface area contributed by atoms with Gasteiger partial charge in [0.15, 0.2) is 0 Å². The molecule has 20 heavy (non-hydrogen) atoms. The molecule has 0 saturated carbocycles. The molecule has 6 nitrogen and oxygen atoms in total. The third-order valence-corrected chi connectivity index (χ3v) is 3.13. The normalized spacial score (nSPS) is 11.1. The fourth-order valence-corrected chi connectivity index (χ4v) is 1.97. The Morgan fingerprint density at radius 1 is 1.50 bits per heavy atom. The van der Waals surface area contributed by atoms with E-state index in [9.17, 15) is 4.79 Å². The lowest BCUT2D eigenvalue weighted by Gasteiger charge is -2.12. The first-order valence-corrected chi connectivity index (χ1v) is 6.57. The molecule has 0 fully saturated rings. The number of rotatable bonds is 4. The van der Waals surface area contributed by atoms with Gasteiger partial charge in [-0.3, -0.25) is 4.79 Å². The van der Waals surface area contributed by atoms with Gasteiger partial charge in [0, 0.05) is 12.2 Å². The smallest absolute Gasteiger partial charge is 0.268 e. The number of aromatic nitrogens is 2. The van der Waals surface area contributed by atoms with E-state index in [4.69, 9.17) is 10.2 Å². The van der Waals surface area contributed by atoms with Crippen LogP contribution in [0.3, 0.4) is 0 Å². The molecule has 0 radical (unpaired) electrons. The van der Waals surface area contributed by atoms with Crippen LogP contribution < -0.4 is 11.1 Å². The maximum atomic E-state index is 12.2. The van der Waals surface area contributed by atoms with Crippen LogP contribution in [0.4, 0.5) is 5.69 Å². The predicted molar refractivity (Wildman–Crippen MR) is 76.4 cm³/mol. The van der Waals surface area contributed by atoms with Crippen LogP contribution in [0.5, 0.6) is 0 Å². The van der Waals surface area contributed by atoms with E-state index in [-0.39, 0.29) is 18.5 Å². The lowest BCUT2D eigenvalue weighted by Crippen LogP contribution is -2.26. The first-order chi connectivity index (χ1) is 9.38. The number of hydrogen-bond donors (Lipinski definition) is 2. The summed E-state index contributed by atoms with van der Waals surface area (Å²) in [4.78, 5) is 16.4. The van der Waals surface area contributed by atoms with E-state index in [1.165, 1.54) is 0 Å². The Hall–Kier alpha value is -2.24. The van der Waals surface area contributed by atoms with Crippen molar-refractivity contribution in [2.75, 3.05) is 5.73 Å². The van der Waals surface area contributed by atoms with Gasteiger partial charge in [-0.1, -0.05) is 0 Å². The van der Waals surface area contributed by atoms with Crippen LogP contribution >= 0.6 is 0 Å². The van der Waals surface area contributed by atoms with Crippen molar-refractivity contribution in [3.05, 3.63) is 35.3 Å². The number of nitrogens with two attached hydrogens (primary N) is 1. The largest absolute Gasteiger partial charge is 0.444 e. The number of nitrogens with one attached hydrogen (secondary N) is 1. The SMILES string of the molecule is Cc1nc(CNC(=O)c2cc(N)cn2C(C)C)oc1C. The Bertz CT molecular complexity index is 606. The Morgan fingerprint density at radius 2 is 2.20 bits per heavy atom. The first kappa shape index (κ1) is 14.2. The van der Waals surface area contributed by atoms with Crippen LogP contribution in [0.2, 0.25) is 0 Å². The zero-order valence-electron chi connectivity index (χ0n) is 12.2. The van der Waals surface area contributed by atoms with Crippen molar-refractivity contribution in [1.82, 2.24) is 14.9 Å². The summed E-state index contributed by atoms with van der Waals surface area (Å²) in [6, 6.07) is 1.83. The standard InChI is InChI=1S/C14H20N4O2/c1-8(2)18-7-11(15)5-12(18)14(19)16-6-13-17-9(3)10(4)20-13/h5,7-8H,6,15H2,1-4H3,(H,16,19). The topological polar surface area (TPSA) is 86.1 Å². The number of anilines is 1. The van der Waals surface area contributed by atoms with E-state index in [1.54, 1.807) is 12.3 Å². The molecule has 0 saturated heterocycles. The van der Waals surface area contributed by atoms with Gasteiger partial charge in [0.25, 0.3) is 5.91 Å². The van der Waals surface area contributed by atoms with Crippen LogP contribution in [0.25, 0.3) is 0 Å². The Labute approximate surface area is 118 Å². The van der Waals surface area contributed by atoms with E-state index >= 15 is 0 Å². The molecule has 0 aliphatic rings. The average Bonchev–Trinajstić information content (AvgIpc) is 2.91. The van der Waals surface area contributed by atoms with Crippen molar-refractivity contribution in [2.45, 2.75) is 40.3 Å². The zero-order chi connectivity index (χ0) is 14.9. The van der Waals surface area contributed by atoms with Crippen molar-refractivity contribution in [3.63, 3.8) is 0 Å². The second-order valence-corrected chi connectivity index (χ2v) is 5.09. The van der Waals surface area contributed by atoms with E-state index in [1.807, 2.05) is 32.3 Å². The highest BCUT2D eigenvalue weighted by atomic mass is 16.4. The highest BCUT2D eigenvalue weighted by Gasteiger charge is 2.15. The van der Waals surface area contributed by atoms with Gasteiger partial charge < -0.3 is 20.0 Å². The minimum absolute atomic E-state index is 0.166. The fourth-order valence-electron chi connectivity index (χ4n) is 1.97. The summed E-state index contributed by atoms with van der Waals surface area (Å²) >= 11 is 0. The van der Waals surface area contributed by atoms with Crippen LogP contribution in [0.1, 0.15) is 47.7 Å². The van der Waals surface area contributed by atoms with Gasteiger partial charge in [-0.05, 0) is 33.8 Å². The van der Waals surface area contributed by atoms with Crippen molar-refractivity contribution >= 4 is 11.6 Å². The number of carbonyl (C=O) groups excluding carboxylic acids is 1. The number of amides is 1. The van der Waals surface area contributed by atoms with E-state index < -0.39 is 0 Å². The summed E-state index contributed by atoms with van der Waals surface area (Å²) < 4.78 is 7.27. The van der Waals surface area contributed by atoms with Crippen LogP contribution in [-0.2, 0) is 6.54 Å². The first-order valence-electron chi connectivity index (χ1n) is 6.57. The monoisotopic (exact) mass is 276 g/mol. The number of aryl methyl sites for hydroxylation is 2. The second-order valence-electron chi connectivity index (χ2n) is 5.09. The number of hydrogen-bond acceptors (Lipinski definition) is 4. The summed E-state index contributed by atoms with van der Waals surface area (Å²) in [5, 5.41) is 2.79. The van der Waals surface area contributed by atoms with E-state index in [0.717, 1.165) is 11.5 Å². The lowest BCUT2D eigenvalue weighted by atomic mass is 10.3. The Kier molecular flexibility index (Phi) is 3.83. The minimum Gasteiger partial charge on any atom is -0.444 e. The average molecular weight is 276 g/mol. The molecular weight excluding hydrogens is 256 g/mol. The number of nitrogens with zero attached hydrogens (tertiary/aromatic N) is 2. The minimum atomic E-state index is -0.191.